The van der Waals surface area contributed by atoms with E-state index in [1.54, 1.807) is 18.2 Å². The Kier molecular flexibility index (Phi) is 6.99. The van der Waals surface area contributed by atoms with E-state index in [0.717, 1.165) is 5.56 Å². The molecule has 8 nitrogen and oxygen atoms in total. The van der Waals surface area contributed by atoms with Gasteiger partial charge in [-0.2, -0.15) is 0 Å². The summed E-state index contributed by atoms with van der Waals surface area (Å²) in [5.41, 5.74) is 10.4. The maximum absolute atomic E-state index is 11.8. The zero-order valence-corrected chi connectivity index (χ0v) is 14.9. The molecule has 0 radical (unpaired) electrons. The van der Waals surface area contributed by atoms with Crippen molar-refractivity contribution in [3.63, 3.8) is 0 Å². The van der Waals surface area contributed by atoms with E-state index in [-0.39, 0.29) is 18.2 Å². The van der Waals surface area contributed by atoms with Gasteiger partial charge in [0, 0.05) is 29.2 Å². The van der Waals surface area contributed by atoms with Crippen LogP contribution in [0.5, 0.6) is 5.75 Å². The van der Waals surface area contributed by atoms with Gasteiger partial charge in [0.25, 0.3) is 0 Å². The van der Waals surface area contributed by atoms with Gasteiger partial charge in [-0.1, -0.05) is 35.4 Å². The highest BCUT2D eigenvalue weighted by molar-refractivity contribution is 5.94. The first-order valence-electron chi connectivity index (χ1n) is 7.97. The average molecular weight is 366 g/mol. The SMILES string of the molecule is COC(=O)/C(=C/c1ccc(NC(C)=O)cc1OCc1ccccc1)N=[N+]=[N-]. The fourth-order valence-electron chi connectivity index (χ4n) is 2.22. The number of amides is 1. The standard InChI is InChI=1S/C19H18N4O4/c1-13(24)21-16-9-8-15(10-17(22-23-20)19(25)26-2)18(11-16)27-12-14-6-4-3-5-7-14/h3-11H,12H2,1-2H3,(H,21,24)/b17-10-. The van der Waals surface area contributed by atoms with Gasteiger partial charge in [0.15, 0.2) is 0 Å². The molecule has 0 saturated heterocycles. The number of carbonyl (C=O) groups is 2. The van der Waals surface area contributed by atoms with E-state index >= 15 is 0 Å². The predicted octanol–water partition coefficient (Wildman–Crippen LogP) is 4.05. The molecule has 2 aromatic carbocycles. The molecule has 0 unspecified atom stereocenters. The number of hydrogen-bond donors (Lipinski definition) is 1. The normalized spacial score (nSPS) is 10.5. The molecule has 0 heterocycles. The fraction of sp³-hybridized carbons (Fsp3) is 0.158. The molecule has 8 heteroatoms. The van der Waals surface area contributed by atoms with Gasteiger partial charge < -0.3 is 14.8 Å². The molecule has 0 saturated carbocycles. The molecule has 0 aromatic heterocycles. The highest BCUT2D eigenvalue weighted by Gasteiger charge is 2.11. The summed E-state index contributed by atoms with van der Waals surface area (Å²) in [7, 11) is 1.19. The van der Waals surface area contributed by atoms with Gasteiger partial charge >= 0.3 is 5.97 Å². The Morgan fingerprint density at radius 2 is 1.96 bits per heavy atom. The Balaban J connectivity index is 2.40. The van der Waals surface area contributed by atoms with E-state index < -0.39 is 5.97 Å². The highest BCUT2D eigenvalue weighted by atomic mass is 16.5. The molecule has 27 heavy (non-hydrogen) atoms. The number of hydrogen-bond acceptors (Lipinski definition) is 5. The summed E-state index contributed by atoms with van der Waals surface area (Å²) in [6, 6.07) is 14.4. The van der Waals surface area contributed by atoms with Crippen LogP contribution in [0, 0.1) is 0 Å². The summed E-state index contributed by atoms with van der Waals surface area (Å²) in [6.45, 7) is 1.68. The highest BCUT2D eigenvalue weighted by Crippen LogP contribution is 2.27. The minimum absolute atomic E-state index is 0.211. The summed E-state index contributed by atoms with van der Waals surface area (Å²) in [5.74, 6) is -0.593. The second-order valence-corrected chi connectivity index (χ2v) is 5.42. The van der Waals surface area contributed by atoms with Crippen molar-refractivity contribution >= 4 is 23.6 Å². The van der Waals surface area contributed by atoms with Crippen LogP contribution in [0.15, 0.2) is 59.3 Å². The summed E-state index contributed by atoms with van der Waals surface area (Å²) in [4.78, 5) is 25.7. The number of esters is 1. The van der Waals surface area contributed by atoms with Gasteiger partial charge in [-0.3, -0.25) is 4.79 Å². The largest absolute Gasteiger partial charge is 0.488 e. The lowest BCUT2D eigenvalue weighted by molar-refractivity contribution is -0.136. The first kappa shape index (κ1) is 19.6. The molecule has 0 aliphatic rings. The molecule has 2 aromatic rings. The zero-order valence-electron chi connectivity index (χ0n) is 14.9. The number of benzene rings is 2. The molecule has 0 spiro atoms. The first-order chi connectivity index (χ1) is 13.0. The number of methoxy groups -OCH3 is 1. The van der Waals surface area contributed by atoms with Crippen LogP contribution in [0.25, 0.3) is 16.5 Å². The lowest BCUT2D eigenvalue weighted by Gasteiger charge is -2.12. The van der Waals surface area contributed by atoms with Crippen molar-refractivity contribution in [2.75, 3.05) is 12.4 Å². The van der Waals surface area contributed by atoms with Gasteiger partial charge in [0.2, 0.25) is 5.91 Å². The summed E-state index contributed by atoms with van der Waals surface area (Å²) >= 11 is 0. The van der Waals surface area contributed by atoms with Crippen molar-refractivity contribution in [2.24, 2.45) is 5.11 Å². The Bertz CT molecular complexity index is 903. The van der Waals surface area contributed by atoms with Crippen molar-refractivity contribution in [3.05, 3.63) is 75.8 Å². The molecule has 2 rings (SSSR count). The van der Waals surface area contributed by atoms with Crippen molar-refractivity contribution in [1.82, 2.24) is 0 Å². The molecule has 0 aliphatic carbocycles. The fourth-order valence-corrected chi connectivity index (χ4v) is 2.22. The lowest BCUT2D eigenvalue weighted by atomic mass is 10.1. The summed E-state index contributed by atoms with van der Waals surface area (Å²) < 4.78 is 10.5. The molecule has 138 valence electrons. The Hall–Kier alpha value is -3.77. The van der Waals surface area contributed by atoms with Gasteiger partial charge in [-0.05, 0) is 29.3 Å². The lowest BCUT2D eigenvalue weighted by Crippen LogP contribution is -2.07. The molecule has 0 aliphatic heterocycles. The van der Waals surface area contributed by atoms with Crippen molar-refractivity contribution in [1.29, 1.82) is 0 Å². The van der Waals surface area contributed by atoms with Crippen LogP contribution in [-0.2, 0) is 20.9 Å². The van der Waals surface area contributed by atoms with Crippen molar-refractivity contribution in [3.8, 4) is 5.75 Å². The molecule has 1 amide bonds. The van der Waals surface area contributed by atoms with Gasteiger partial charge in [-0.25, -0.2) is 4.79 Å². The Labute approximate surface area is 156 Å². The quantitative estimate of drug-likeness (QED) is 0.262. The number of rotatable bonds is 7. The van der Waals surface area contributed by atoms with Crippen LogP contribution in [0.4, 0.5) is 5.69 Å². The maximum atomic E-state index is 11.8. The summed E-state index contributed by atoms with van der Waals surface area (Å²) in [6.07, 6.45) is 1.36. The smallest absolute Gasteiger partial charge is 0.340 e. The number of azide groups is 1. The molecule has 1 N–H and O–H groups in total. The minimum Gasteiger partial charge on any atom is -0.488 e. The van der Waals surface area contributed by atoms with Gasteiger partial charge in [0.05, 0.1) is 7.11 Å². The number of nitrogens with zero attached hydrogens (tertiary/aromatic N) is 3. The van der Waals surface area contributed by atoms with E-state index in [1.165, 1.54) is 20.1 Å². The van der Waals surface area contributed by atoms with E-state index in [2.05, 4.69) is 20.1 Å². The zero-order chi connectivity index (χ0) is 19.6. The third kappa shape index (κ3) is 5.91. The Morgan fingerprint density at radius 1 is 1.22 bits per heavy atom. The van der Waals surface area contributed by atoms with Gasteiger partial charge in [0.1, 0.15) is 18.1 Å². The van der Waals surface area contributed by atoms with Crippen molar-refractivity contribution < 1.29 is 19.1 Å². The maximum Gasteiger partial charge on any atom is 0.340 e. The van der Waals surface area contributed by atoms with Crippen LogP contribution < -0.4 is 10.1 Å². The second kappa shape index (κ2) is 9.65. The number of nitrogens with one attached hydrogen (secondary N) is 1. The molecule has 0 bridgehead atoms. The van der Waals surface area contributed by atoms with Crippen LogP contribution in [-0.4, -0.2) is 19.0 Å². The van der Waals surface area contributed by atoms with Crippen LogP contribution in [0.3, 0.4) is 0 Å². The third-order valence-electron chi connectivity index (χ3n) is 3.41. The van der Waals surface area contributed by atoms with E-state index in [9.17, 15) is 9.59 Å². The van der Waals surface area contributed by atoms with E-state index in [0.29, 0.717) is 17.0 Å². The average Bonchev–Trinajstić information content (AvgIpc) is 2.67. The molecule has 0 fully saturated rings. The molecular weight excluding hydrogens is 348 g/mol. The van der Waals surface area contributed by atoms with Crippen LogP contribution in [0.1, 0.15) is 18.1 Å². The third-order valence-corrected chi connectivity index (χ3v) is 3.41. The Morgan fingerprint density at radius 3 is 2.59 bits per heavy atom. The van der Waals surface area contributed by atoms with Crippen LogP contribution >= 0.6 is 0 Å². The molecule has 0 atom stereocenters. The monoisotopic (exact) mass is 366 g/mol. The van der Waals surface area contributed by atoms with Gasteiger partial charge in [-0.15, -0.1) is 0 Å². The minimum atomic E-state index is -0.771. The van der Waals surface area contributed by atoms with Crippen molar-refractivity contribution in [2.45, 2.75) is 13.5 Å². The molecular formula is C19H18N4O4. The number of ether oxygens (including phenoxy) is 2. The number of carbonyl (C=O) groups excluding carboxylic acids is 2. The van der Waals surface area contributed by atoms with E-state index in [4.69, 9.17) is 10.3 Å². The van der Waals surface area contributed by atoms with Crippen LogP contribution in [0.2, 0.25) is 0 Å². The van der Waals surface area contributed by atoms with E-state index in [1.807, 2.05) is 30.3 Å². The second-order valence-electron chi connectivity index (χ2n) is 5.42. The topological polar surface area (TPSA) is 113 Å². The first-order valence-corrected chi connectivity index (χ1v) is 7.97. The predicted molar refractivity (Wildman–Crippen MR) is 101 cm³/mol. The number of anilines is 1. The summed E-state index contributed by atoms with van der Waals surface area (Å²) in [5, 5.41) is 6.03.